The minimum Gasteiger partial charge on any atom is -0.337 e. The van der Waals surface area contributed by atoms with Crippen molar-refractivity contribution in [2.45, 2.75) is 19.9 Å². The third-order valence-corrected chi connectivity index (χ3v) is 2.79. The van der Waals surface area contributed by atoms with Gasteiger partial charge >= 0.3 is 0 Å². The Bertz CT molecular complexity index is 410. The lowest BCUT2D eigenvalue weighted by Crippen LogP contribution is -2.17. The molecule has 0 aliphatic heterocycles. The Morgan fingerprint density at radius 3 is 3.13 bits per heavy atom. The van der Waals surface area contributed by atoms with E-state index in [2.05, 4.69) is 15.5 Å². The van der Waals surface area contributed by atoms with Gasteiger partial charge in [0.1, 0.15) is 0 Å². The van der Waals surface area contributed by atoms with Crippen molar-refractivity contribution in [3.05, 3.63) is 22.7 Å². The van der Waals surface area contributed by atoms with E-state index in [4.69, 9.17) is 4.52 Å². The number of thiophene rings is 1. The van der Waals surface area contributed by atoms with E-state index in [0.717, 1.165) is 12.1 Å². The summed E-state index contributed by atoms with van der Waals surface area (Å²) in [5, 5.41) is 11.2. The van der Waals surface area contributed by atoms with Crippen LogP contribution in [0.15, 0.2) is 21.3 Å². The van der Waals surface area contributed by atoms with Crippen LogP contribution in [0.25, 0.3) is 11.4 Å². The molecule has 4 nitrogen and oxygen atoms in total. The van der Waals surface area contributed by atoms with Crippen LogP contribution in [-0.2, 0) is 0 Å². The molecule has 0 aliphatic rings. The maximum absolute atomic E-state index is 5.18. The van der Waals surface area contributed by atoms with Gasteiger partial charge in [-0.15, -0.1) is 0 Å². The summed E-state index contributed by atoms with van der Waals surface area (Å²) in [4.78, 5) is 4.34. The first kappa shape index (κ1) is 10.3. The fourth-order valence-corrected chi connectivity index (χ4v) is 1.95. The van der Waals surface area contributed by atoms with Crippen molar-refractivity contribution in [1.29, 1.82) is 0 Å². The lowest BCUT2D eigenvalue weighted by atomic mass is 10.3. The number of nitrogens with one attached hydrogen (secondary N) is 1. The van der Waals surface area contributed by atoms with Gasteiger partial charge in [0.05, 0.1) is 6.04 Å². The SMILES string of the molecule is CCNC(C)c1nc(-c2ccsc2)no1. The third-order valence-electron chi connectivity index (χ3n) is 2.10. The smallest absolute Gasteiger partial charge is 0.243 e. The van der Waals surface area contributed by atoms with E-state index < -0.39 is 0 Å². The van der Waals surface area contributed by atoms with Crippen molar-refractivity contribution < 1.29 is 4.52 Å². The number of hydrogen-bond acceptors (Lipinski definition) is 5. The molecule has 2 heterocycles. The summed E-state index contributed by atoms with van der Waals surface area (Å²) < 4.78 is 5.18. The topological polar surface area (TPSA) is 51.0 Å². The average molecular weight is 223 g/mol. The molecule has 0 aliphatic carbocycles. The van der Waals surface area contributed by atoms with Crippen LogP contribution in [0.3, 0.4) is 0 Å². The first-order valence-electron chi connectivity index (χ1n) is 4.90. The van der Waals surface area contributed by atoms with Gasteiger partial charge in [0, 0.05) is 10.9 Å². The van der Waals surface area contributed by atoms with Gasteiger partial charge in [0.2, 0.25) is 11.7 Å². The molecule has 1 atom stereocenters. The van der Waals surface area contributed by atoms with Gasteiger partial charge < -0.3 is 9.84 Å². The Labute approximate surface area is 92.3 Å². The van der Waals surface area contributed by atoms with Crippen LogP contribution in [0.5, 0.6) is 0 Å². The molecule has 15 heavy (non-hydrogen) atoms. The maximum atomic E-state index is 5.18. The Kier molecular flexibility index (Phi) is 3.13. The molecular formula is C10H13N3OS. The number of hydrogen-bond donors (Lipinski definition) is 1. The molecule has 0 aromatic carbocycles. The first-order chi connectivity index (χ1) is 7.31. The second kappa shape index (κ2) is 4.55. The van der Waals surface area contributed by atoms with Gasteiger partial charge in [-0.1, -0.05) is 12.1 Å². The van der Waals surface area contributed by atoms with E-state index in [0.29, 0.717) is 11.7 Å². The lowest BCUT2D eigenvalue weighted by Gasteiger charge is -2.04. The summed E-state index contributed by atoms with van der Waals surface area (Å²) in [6.07, 6.45) is 0. The molecule has 1 unspecified atom stereocenters. The zero-order chi connectivity index (χ0) is 10.7. The van der Waals surface area contributed by atoms with E-state index in [1.54, 1.807) is 11.3 Å². The molecule has 5 heteroatoms. The normalized spacial score (nSPS) is 12.9. The fraction of sp³-hybridized carbons (Fsp3) is 0.400. The molecule has 0 radical (unpaired) electrons. The summed E-state index contributed by atoms with van der Waals surface area (Å²) in [6, 6.07) is 2.09. The minimum absolute atomic E-state index is 0.106. The molecule has 0 saturated carbocycles. The van der Waals surface area contributed by atoms with Crippen LogP contribution in [0.1, 0.15) is 25.8 Å². The molecule has 0 fully saturated rings. The summed E-state index contributed by atoms with van der Waals surface area (Å²) in [7, 11) is 0. The number of aromatic nitrogens is 2. The van der Waals surface area contributed by atoms with Gasteiger partial charge in [0.25, 0.3) is 0 Å². The highest BCUT2D eigenvalue weighted by molar-refractivity contribution is 7.08. The lowest BCUT2D eigenvalue weighted by molar-refractivity contribution is 0.342. The standard InChI is InChI=1S/C10H13N3OS/c1-3-11-7(2)10-12-9(13-14-10)8-4-5-15-6-8/h4-7,11H,3H2,1-2H3. The van der Waals surface area contributed by atoms with Crippen LogP contribution in [0, 0.1) is 0 Å². The summed E-state index contributed by atoms with van der Waals surface area (Å²) >= 11 is 1.63. The van der Waals surface area contributed by atoms with Gasteiger partial charge in [0.15, 0.2) is 0 Å². The van der Waals surface area contributed by atoms with Gasteiger partial charge in [-0.2, -0.15) is 16.3 Å². The maximum Gasteiger partial charge on any atom is 0.243 e. The predicted molar refractivity (Wildman–Crippen MR) is 59.7 cm³/mol. The zero-order valence-electron chi connectivity index (χ0n) is 8.73. The van der Waals surface area contributed by atoms with Crippen LogP contribution in [0.2, 0.25) is 0 Å². The molecule has 1 N–H and O–H groups in total. The van der Waals surface area contributed by atoms with E-state index in [1.807, 2.05) is 30.7 Å². The highest BCUT2D eigenvalue weighted by atomic mass is 32.1. The largest absolute Gasteiger partial charge is 0.337 e. The first-order valence-corrected chi connectivity index (χ1v) is 5.85. The van der Waals surface area contributed by atoms with Gasteiger partial charge in [-0.05, 0) is 24.9 Å². The minimum atomic E-state index is 0.106. The zero-order valence-corrected chi connectivity index (χ0v) is 9.54. The van der Waals surface area contributed by atoms with E-state index >= 15 is 0 Å². The Balaban J connectivity index is 2.17. The van der Waals surface area contributed by atoms with Crippen LogP contribution >= 0.6 is 11.3 Å². The Morgan fingerprint density at radius 2 is 2.47 bits per heavy atom. The Hall–Kier alpha value is -1.20. The number of rotatable bonds is 4. The monoisotopic (exact) mass is 223 g/mol. The highest BCUT2D eigenvalue weighted by Crippen LogP contribution is 2.20. The number of nitrogens with zero attached hydrogens (tertiary/aromatic N) is 2. The molecular weight excluding hydrogens is 210 g/mol. The van der Waals surface area contributed by atoms with Crippen molar-refractivity contribution in [3.8, 4) is 11.4 Å². The van der Waals surface area contributed by atoms with Crippen LogP contribution in [0.4, 0.5) is 0 Å². The molecule has 0 bridgehead atoms. The van der Waals surface area contributed by atoms with Crippen molar-refractivity contribution in [3.63, 3.8) is 0 Å². The highest BCUT2D eigenvalue weighted by Gasteiger charge is 2.13. The van der Waals surface area contributed by atoms with Crippen LogP contribution in [-0.4, -0.2) is 16.7 Å². The second-order valence-electron chi connectivity index (χ2n) is 3.25. The average Bonchev–Trinajstić information content (AvgIpc) is 2.89. The third kappa shape index (κ3) is 2.24. The van der Waals surface area contributed by atoms with E-state index in [-0.39, 0.29) is 6.04 Å². The predicted octanol–water partition coefficient (Wildman–Crippen LogP) is 2.47. The summed E-state index contributed by atoms with van der Waals surface area (Å²) in [6.45, 7) is 4.94. The summed E-state index contributed by atoms with van der Waals surface area (Å²) in [5.74, 6) is 1.30. The molecule has 0 saturated heterocycles. The molecule has 80 valence electrons. The molecule has 2 rings (SSSR count). The van der Waals surface area contributed by atoms with Gasteiger partial charge in [-0.3, -0.25) is 0 Å². The molecule has 0 amide bonds. The quantitative estimate of drug-likeness (QED) is 0.865. The second-order valence-corrected chi connectivity index (χ2v) is 4.03. The molecule has 2 aromatic heterocycles. The van der Waals surface area contributed by atoms with E-state index in [9.17, 15) is 0 Å². The fourth-order valence-electron chi connectivity index (χ4n) is 1.31. The molecule has 2 aromatic rings. The van der Waals surface area contributed by atoms with Gasteiger partial charge in [-0.25, -0.2) is 0 Å². The van der Waals surface area contributed by atoms with Crippen molar-refractivity contribution in [1.82, 2.24) is 15.5 Å². The Morgan fingerprint density at radius 1 is 1.60 bits per heavy atom. The van der Waals surface area contributed by atoms with Crippen molar-refractivity contribution >= 4 is 11.3 Å². The summed E-state index contributed by atoms with van der Waals surface area (Å²) in [5.41, 5.74) is 1.01. The van der Waals surface area contributed by atoms with Crippen molar-refractivity contribution in [2.75, 3.05) is 6.54 Å². The van der Waals surface area contributed by atoms with Crippen LogP contribution < -0.4 is 5.32 Å². The van der Waals surface area contributed by atoms with E-state index in [1.165, 1.54) is 0 Å². The molecule has 0 spiro atoms. The van der Waals surface area contributed by atoms with Crippen molar-refractivity contribution in [2.24, 2.45) is 0 Å².